The van der Waals surface area contributed by atoms with Gasteiger partial charge in [0.25, 0.3) is 10.0 Å². The van der Waals surface area contributed by atoms with Crippen molar-refractivity contribution in [2.45, 2.75) is 23.8 Å². The first-order valence-electron chi connectivity index (χ1n) is 5.91. The number of hydrogen-bond acceptors (Lipinski definition) is 4. The van der Waals surface area contributed by atoms with Gasteiger partial charge in [-0.25, -0.2) is 0 Å². The second-order valence-corrected chi connectivity index (χ2v) is 6.25. The summed E-state index contributed by atoms with van der Waals surface area (Å²) in [5.41, 5.74) is 6.11. The summed E-state index contributed by atoms with van der Waals surface area (Å²) in [7, 11) is -3.57. The van der Waals surface area contributed by atoms with Crippen molar-refractivity contribution < 1.29 is 13.2 Å². The van der Waals surface area contributed by atoms with Crippen molar-refractivity contribution in [1.29, 1.82) is 0 Å². The molecule has 1 fully saturated rings. The third-order valence-corrected chi connectivity index (χ3v) is 4.72. The fourth-order valence-corrected chi connectivity index (χ4v) is 3.42. The number of sulfonamides is 1. The minimum Gasteiger partial charge on any atom is -0.473 e. The lowest BCUT2D eigenvalue weighted by Crippen LogP contribution is -2.37. The summed E-state index contributed by atoms with van der Waals surface area (Å²) in [6.45, 7) is 0.654. The lowest BCUT2D eigenvalue weighted by molar-refractivity contribution is 0.0596. The van der Waals surface area contributed by atoms with Crippen molar-refractivity contribution in [3.63, 3.8) is 0 Å². The highest BCUT2D eigenvalue weighted by molar-refractivity contribution is 7.90. The first-order valence-corrected chi connectivity index (χ1v) is 7.35. The second-order valence-electron chi connectivity index (χ2n) is 4.68. The van der Waals surface area contributed by atoms with E-state index in [0.717, 1.165) is 12.8 Å². The molecule has 0 radical (unpaired) electrons. The molecule has 0 spiro atoms. The summed E-state index contributed by atoms with van der Waals surface area (Å²) in [5, 5.41) is 0. The molecule has 3 rings (SSSR count). The molecule has 1 aromatic carbocycles. The Kier molecular flexibility index (Phi) is 2.64. The lowest BCUT2D eigenvalue weighted by atomic mass is 9.82. The van der Waals surface area contributed by atoms with E-state index < -0.39 is 10.0 Å². The van der Waals surface area contributed by atoms with Crippen molar-refractivity contribution in [3.8, 4) is 0 Å². The molecule has 0 aromatic heterocycles. The van der Waals surface area contributed by atoms with Gasteiger partial charge < -0.3 is 10.5 Å². The van der Waals surface area contributed by atoms with Crippen LogP contribution < -0.4 is 5.73 Å². The van der Waals surface area contributed by atoms with Gasteiger partial charge in [-0.3, -0.25) is 0 Å². The van der Waals surface area contributed by atoms with Gasteiger partial charge in [0, 0.05) is 0 Å². The van der Waals surface area contributed by atoms with E-state index in [9.17, 15) is 8.42 Å². The Morgan fingerprint density at radius 2 is 2.06 bits per heavy atom. The van der Waals surface area contributed by atoms with Crippen LogP contribution in [0.5, 0.6) is 0 Å². The molecule has 0 atom stereocenters. The first-order chi connectivity index (χ1) is 8.60. The van der Waals surface area contributed by atoms with E-state index in [4.69, 9.17) is 10.5 Å². The molecule has 0 bridgehead atoms. The first kappa shape index (κ1) is 11.7. The summed E-state index contributed by atoms with van der Waals surface area (Å²) >= 11 is 0. The van der Waals surface area contributed by atoms with Crippen molar-refractivity contribution in [1.82, 2.24) is 0 Å². The van der Waals surface area contributed by atoms with E-state index in [0.29, 0.717) is 18.0 Å². The maximum Gasteiger partial charge on any atom is 0.286 e. The molecule has 1 aliphatic carbocycles. The molecule has 1 heterocycles. The van der Waals surface area contributed by atoms with Crippen LogP contribution in [0.2, 0.25) is 0 Å². The second kappa shape index (κ2) is 4.07. The summed E-state index contributed by atoms with van der Waals surface area (Å²) < 4.78 is 32.9. The Labute approximate surface area is 106 Å². The zero-order valence-corrected chi connectivity index (χ0v) is 10.6. The molecule has 1 saturated carbocycles. The number of hydrogen-bond donors (Lipinski definition) is 1. The van der Waals surface area contributed by atoms with Crippen molar-refractivity contribution in [2.24, 2.45) is 16.0 Å². The number of nitrogens with two attached hydrogens (primary N) is 1. The third-order valence-electron chi connectivity index (χ3n) is 3.40. The fraction of sp³-hybridized carbons (Fsp3) is 0.417. The minimum absolute atomic E-state index is 0.0404. The van der Waals surface area contributed by atoms with Crippen LogP contribution in [0.4, 0.5) is 0 Å². The van der Waals surface area contributed by atoms with Gasteiger partial charge in [-0.15, -0.1) is 4.40 Å². The quantitative estimate of drug-likeness (QED) is 0.861. The van der Waals surface area contributed by atoms with Gasteiger partial charge in [0.05, 0.1) is 5.56 Å². The predicted octanol–water partition coefficient (Wildman–Crippen LogP) is 0.889. The van der Waals surface area contributed by atoms with Crippen LogP contribution in [0.1, 0.15) is 18.4 Å². The number of fused-ring (bicyclic) bond motifs is 1. The Hall–Kier alpha value is -1.40. The van der Waals surface area contributed by atoms with Crippen LogP contribution in [-0.4, -0.2) is 27.0 Å². The molecule has 18 heavy (non-hydrogen) atoms. The number of benzene rings is 1. The topological polar surface area (TPSA) is 81.8 Å². The van der Waals surface area contributed by atoms with Crippen LogP contribution in [0.25, 0.3) is 0 Å². The number of ether oxygens (including phenoxy) is 1. The SMILES string of the molecule is NCC1CC(OC2=NS(=O)(=O)c3ccccc32)C1. The average Bonchev–Trinajstić information content (AvgIpc) is 2.56. The minimum atomic E-state index is -3.57. The predicted molar refractivity (Wildman–Crippen MR) is 66.8 cm³/mol. The molecular weight excluding hydrogens is 252 g/mol. The monoisotopic (exact) mass is 266 g/mol. The van der Waals surface area contributed by atoms with E-state index in [-0.39, 0.29) is 16.9 Å². The summed E-state index contributed by atoms with van der Waals surface area (Å²) in [6.07, 6.45) is 1.79. The molecule has 1 aromatic rings. The number of nitrogens with zero attached hydrogens (tertiary/aromatic N) is 1. The van der Waals surface area contributed by atoms with Crippen LogP contribution >= 0.6 is 0 Å². The largest absolute Gasteiger partial charge is 0.473 e. The highest BCUT2D eigenvalue weighted by Crippen LogP contribution is 2.33. The Bertz CT molecular complexity index is 604. The van der Waals surface area contributed by atoms with E-state index in [2.05, 4.69) is 4.40 Å². The maximum atomic E-state index is 11.8. The molecule has 0 amide bonds. The van der Waals surface area contributed by atoms with Crippen molar-refractivity contribution in [2.75, 3.05) is 6.54 Å². The van der Waals surface area contributed by atoms with Gasteiger partial charge >= 0.3 is 0 Å². The van der Waals surface area contributed by atoms with E-state index >= 15 is 0 Å². The average molecular weight is 266 g/mol. The van der Waals surface area contributed by atoms with Gasteiger partial charge in [0.1, 0.15) is 11.0 Å². The third kappa shape index (κ3) is 1.81. The standard InChI is InChI=1S/C12H14N2O3S/c13-7-8-5-9(6-8)17-12-10-3-1-2-4-11(10)18(15,16)14-12/h1-4,8-9H,5-7,13H2. The molecular formula is C12H14N2O3S. The van der Waals surface area contributed by atoms with Crippen LogP contribution in [0.15, 0.2) is 33.6 Å². The fourth-order valence-electron chi connectivity index (χ4n) is 2.28. The lowest BCUT2D eigenvalue weighted by Gasteiger charge is -2.34. The molecule has 0 saturated heterocycles. The van der Waals surface area contributed by atoms with Crippen LogP contribution in [0, 0.1) is 5.92 Å². The van der Waals surface area contributed by atoms with Crippen LogP contribution in [-0.2, 0) is 14.8 Å². The zero-order valence-electron chi connectivity index (χ0n) is 9.74. The Balaban J connectivity index is 1.82. The smallest absolute Gasteiger partial charge is 0.286 e. The summed E-state index contributed by atoms with van der Waals surface area (Å²) in [4.78, 5) is 0.231. The van der Waals surface area contributed by atoms with Gasteiger partial charge in [0.2, 0.25) is 5.90 Å². The highest BCUT2D eigenvalue weighted by atomic mass is 32.2. The maximum absolute atomic E-state index is 11.8. The molecule has 96 valence electrons. The van der Waals surface area contributed by atoms with Crippen LogP contribution in [0.3, 0.4) is 0 Å². The van der Waals surface area contributed by atoms with Gasteiger partial charge in [-0.1, -0.05) is 12.1 Å². The van der Waals surface area contributed by atoms with Crippen molar-refractivity contribution in [3.05, 3.63) is 29.8 Å². The number of rotatable bonds is 2. The van der Waals surface area contributed by atoms with E-state index in [1.54, 1.807) is 24.3 Å². The van der Waals surface area contributed by atoms with Gasteiger partial charge in [-0.05, 0) is 37.4 Å². The van der Waals surface area contributed by atoms with Gasteiger partial charge in [-0.2, -0.15) is 8.42 Å². The van der Waals surface area contributed by atoms with E-state index in [1.807, 2.05) is 0 Å². The normalized spacial score (nSPS) is 28.2. The molecule has 2 N–H and O–H groups in total. The Morgan fingerprint density at radius 1 is 1.33 bits per heavy atom. The molecule has 5 nitrogen and oxygen atoms in total. The molecule has 1 aliphatic heterocycles. The molecule has 2 aliphatic rings. The molecule has 6 heteroatoms. The van der Waals surface area contributed by atoms with Gasteiger partial charge in [0.15, 0.2) is 0 Å². The Morgan fingerprint density at radius 3 is 2.78 bits per heavy atom. The highest BCUT2D eigenvalue weighted by Gasteiger charge is 2.35. The molecule has 0 unspecified atom stereocenters. The van der Waals surface area contributed by atoms with E-state index in [1.165, 1.54) is 0 Å². The summed E-state index contributed by atoms with van der Waals surface area (Å²) in [6, 6.07) is 6.73. The van der Waals surface area contributed by atoms with Crippen molar-refractivity contribution >= 4 is 15.9 Å². The zero-order chi connectivity index (χ0) is 12.8. The summed E-state index contributed by atoms with van der Waals surface area (Å²) in [5.74, 6) is 0.718.